The van der Waals surface area contributed by atoms with Crippen molar-refractivity contribution in [3.63, 3.8) is 0 Å². The summed E-state index contributed by atoms with van der Waals surface area (Å²) in [7, 11) is 0. The van der Waals surface area contributed by atoms with Crippen molar-refractivity contribution in [1.82, 2.24) is 19.7 Å². The monoisotopic (exact) mass is 373 g/mol. The zero-order valence-electron chi connectivity index (χ0n) is 14.4. The highest BCUT2D eigenvalue weighted by molar-refractivity contribution is 7.98. The molecule has 3 aromatic rings. The van der Waals surface area contributed by atoms with Crippen LogP contribution in [0.3, 0.4) is 0 Å². The first-order valence-corrected chi connectivity index (χ1v) is 9.46. The number of H-pyrrole nitrogens is 2. The highest BCUT2D eigenvalue weighted by atomic mass is 32.2. The summed E-state index contributed by atoms with van der Waals surface area (Å²) in [6, 6.07) is 7.49. The molecule has 0 aliphatic heterocycles. The van der Waals surface area contributed by atoms with E-state index in [1.54, 1.807) is 30.3 Å². The molecule has 3 N–H and O–H groups in total. The van der Waals surface area contributed by atoms with Gasteiger partial charge in [-0.2, -0.15) is 16.9 Å². The van der Waals surface area contributed by atoms with E-state index < -0.39 is 23.2 Å². The molecule has 0 bridgehead atoms. The molecule has 2 heterocycles. The Bertz CT molecular complexity index is 1050. The van der Waals surface area contributed by atoms with Gasteiger partial charge in [-0.15, -0.1) is 0 Å². The van der Waals surface area contributed by atoms with Gasteiger partial charge in [-0.1, -0.05) is 12.1 Å². The van der Waals surface area contributed by atoms with Crippen LogP contribution >= 0.6 is 11.8 Å². The van der Waals surface area contributed by atoms with E-state index in [0.717, 1.165) is 10.3 Å². The topological polar surface area (TPSA) is 113 Å². The first kappa shape index (κ1) is 18.0. The van der Waals surface area contributed by atoms with Crippen molar-refractivity contribution in [1.29, 1.82) is 0 Å². The number of carbonyl (C=O) groups excluding carboxylic acids is 1. The second kappa shape index (κ2) is 7.61. The summed E-state index contributed by atoms with van der Waals surface area (Å²) < 4.78 is 0.993. The van der Waals surface area contributed by atoms with Crippen LogP contribution < -0.4 is 16.6 Å². The molecule has 0 aliphatic rings. The van der Waals surface area contributed by atoms with Crippen LogP contribution in [0.15, 0.2) is 39.9 Å². The maximum atomic E-state index is 12.8. The number of nitrogens with zero attached hydrogens (tertiary/aromatic N) is 2. The lowest BCUT2D eigenvalue weighted by Gasteiger charge is -2.18. The number of para-hydroxylation sites is 1. The zero-order valence-corrected chi connectivity index (χ0v) is 15.2. The first-order chi connectivity index (χ1) is 12.5. The number of hydrogen-bond acceptors (Lipinski definition) is 5. The van der Waals surface area contributed by atoms with E-state index in [2.05, 4.69) is 20.5 Å². The highest BCUT2D eigenvalue weighted by Gasteiger charge is 2.25. The van der Waals surface area contributed by atoms with Crippen molar-refractivity contribution in [3.8, 4) is 0 Å². The molecular formula is C17H19N5O3S. The number of rotatable bonds is 6. The molecule has 1 aromatic carbocycles. The van der Waals surface area contributed by atoms with E-state index >= 15 is 0 Å². The third-order valence-electron chi connectivity index (χ3n) is 4.00. The average molecular weight is 373 g/mol. The van der Waals surface area contributed by atoms with Crippen molar-refractivity contribution in [2.24, 2.45) is 0 Å². The molecule has 2 aromatic heterocycles. The molecule has 0 saturated heterocycles. The largest absolute Gasteiger partial charge is 0.329 e. The lowest BCUT2D eigenvalue weighted by molar-refractivity contribution is -0.119. The van der Waals surface area contributed by atoms with Crippen molar-refractivity contribution in [3.05, 3.63) is 56.9 Å². The first-order valence-electron chi connectivity index (χ1n) is 8.06. The Balaban J connectivity index is 2.05. The molecule has 8 nitrogen and oxygen atoms in total. The van der Waals surface area contributed by atoms with Crippen LogP contribution in [0.5, 0.6) is 0 Å². The summed E-state index contributed by atoms with van der Waals surface area (Å²) >= 11 is 1.54. The van der Waals surface area contributed by atoms with Crippen LogP contribution in [0.4, 0.5) is 5.82 Å². The number of nitrogens with one attached hydrogen (secondary N) is 3. The summed E-state index contributed by atoms with van der Waals surface area (Å²) in [5.74, 6) is 0.525. The van der Waals surface area contributed by atoms with Gasteiger partial charge in [0.1, 0.15) is 6.04 Å². The minimum atomic E-state index is -0.930. The Kier molecular flexibility index (Phi) is 5.27. The SMILES string of the molecule is CSCCC(C(=O)Nc1cc(C)[nH]n1)n1c(=O)[nH]c2ccccc2c1=O. The Morgan fingerprint density at radius 3 is 2.81 bits per heavy atom. The van der Waals surface area contributed by atoms with Crippen LogP contribution in [-0.4, -0.2) is 37.7 Å². The minimum Gasteiger partial charge on any atom is -0.307 e. The van der Waals surface area contributed by atoms with E-state index in [0.29, 0.717) is 28.9 Å². The zero-order chi connectivity index (χ0) is 18.7. The van der Waals surface area contributed by atoms with Gasteiger partial charge in [0.15, 0.2) is 5.82 Å². The molecule has 136 valence electrons. The molecule has 3 rings (SSSR count). The Morgan fingerprint density at radius 2 is 2.12 bits per heavy atom. The highest BCUT2D eigenvalue weighted by Crippen LogP contribution is 2.15. The van der Waals surface area contributed by atoms with Crippen molar-refractivity contribution < 1.29 is 4.79 Å². The van der Waals surface area contributed by atoms with E-state index in [4.69, 9.17) is 0 Å². The molecular weight excluding hydrogens is 354 g/mol. The van der Waals surface area contributed by atoms with Gasteiger partial charge in [0, 0.05) is 11.8 Å². The number of benzene rings is 1. The molecule has 0 spiro atoms. The quantitative estimate of drug-likeness (QED) is 0.608. The number of hydrogen-bond donors (Lipinski definition) is 3. The predicted octanol–water partition coefficient (Wildman–Crippen LogP) is 1.65. The lowest BCUT2D eigenvalue weighted by atomic mass is 10.2. The number of anilines is 1. The molecule has 0 fully saturated rings. The van der Waals surface area contributed by atoms with E-state index in [9.17, 15) is 14.4 Å². The summed E-state index contributed by atoms with van der Waals surface area (Å²) in [5.41, 5.74) is 0.157. The average Bonchev–Trinajstić information content (AvgIpc) is 3.02. The van der Waals surface area contributed by atoms with Crippen molar-refractivity contribution in [2.75, 3.05) is 17.3 Å². The Hall–Kier alpha value is -2.81. The third kappa shape index (κ3) is 3.57. The van der Waals surface area contributed by atoms with Crippen molar-refractivity contribution >= 4 is 34.4 Å². The fourth-order valence-electron chi connectivity index (χ4n) is 2.76. The van der Waals surface area contributed by atoms with Crippen LogP contribution in [0.1, 0.15) is 18.2 Å². The molecule has 0 saturated carbocycles. The number of aromatic amines is 2. The molecule has 0 radical (unpaired) electrons. The van der Waals surface area contributed by atoms with Crippen LogP contribution in [0, 0.1) is 6.92 Å². The molecule has 9 heteroatoms. The number of fused-ring (bicyclic) bond motifs is 1. The molecule has 1 unspecified atom stereocenters. The second-order valence-corrected chi connectivity index (χ2v) is 6.86. The van der Waals surface area contributed by atoms with Gasteiger partial charge in [0.25, 0.3) is 5.56 Å². The number of amides is 1. The second-order valence-electron chi connectivity index (χ2n) is 5.87. The van der Waals surface area contributed by atoms with Gasteiger partial charge >= 0.3 is 5.69 Å². The normalized spacial score (nSPS) is 12.2. The van der Waals surface area contributed by atoms with Crippen LogP contribution in [0.25, 0.3) is 10.9 Å². The molecule has 0 aliphatic carbocycles. The Morgan fingerprint density at radius 1 is 1.35 bits per heavy atom. The van der Waals surface area contributed by atoms with Crippen LogP contribution in [0.2, 0.25) is 0 Å². The number of thioether (sulfide) groups is 1. The minimum absolute atomic E-state index is 0.345. The number of aryl methyl sites for hydroxylation is 1. The molecule has 26 heavy (non-hydrogen) atoms. The van der Waals surface area contributed by atoms with Crippen LogP contribution in [-0.2, 0) is 4.79 Å². The van der Waals surface area contributed by atoms with E-state index in [1.807, 2.05) is 13.2 Å². The van der Waals surface area contributed by atoms with E-state index in [-0.39, 0.29) is 0 Å². The fourth-order valence-corrected chi connectivity index (χ4v) is 3.22. The maximum Gasteiger partial charge on any atom is 0.329 e. The third-order valence-corrected chi connectivity index (χ3v) is 4.65. The summed E-state index contributed by atoms with van der Waals surface area (Å²) in [6.07, 6.45) is 2.25. The lowest BCUT2D eigenvalue weighted by Crippen LogP contribution is -2.43. The Labute approximate surface area is 153 Å². The molecule has 1 atom stereocenters. The smallest absolute Gasteiger partial charge is 0.307 e. The molecule has 1 amide bonds. The fraction of sp³-hybridized carbons (Fsp3) is 0.294. The van der Waals surface area contributed by atoms with Gasteiger partial charge in [-0.05, 0) is 37.5 Å². The number of carbonyl (C=O) groups is 1. The van der Waals surface area contributed by atoms with Gasteiger partial charge < -0.3 is 10.3 Å². The van der Waals surface area contributed by atoms with Gasteiger partial charge in [-0.25, -0.2) is 9.36 Å². The standard InChI is InChI=1S/C17H19N5O3S/c1-10-9-14(21-20-10)19-15(23)13(7-8-26-2)22-16(24)11-5-3-4-6-12(11)18-17(22)25/h3-6,9,13H,7-8H2,1-2H3,(H,18,25)(H2,19,20,21,23). The maximum absolute atomic E-state index is 12.8. The van der Waals surface area contributed by atoms with Crippen molar-refractivity contribution in [2.45, 2.75) is 19.4 Å². The van der Waals surface area contributed by atoms with Gasteiger partial charge in [0.2, 0.25) is 5.91 Å². The van der Waals surface area contributed by atoms with Gasteiger partial charge in [-0.3, -0.25) is 14.7 Å². The van der Waals surface area contributed by atoms with E-state index in [1.165, 1.54) is 11.8 Å². The summed E-state index contributed by atoms with van der Waals surface area (Å²) in [6.45, 7) is 1.81. The van der Waals surface area contributed by atoms with Gasteiger partial charge in [0.05, 0.1) is 10.9 Å². The summed E-state index contributed by atoms with van der Waals surface area (Å²) in [5, 5.41) is 9.74. The number of aromatic nitrogens is 4. The predicted molar refractivity (Wildman–Crippen MR) is 103 cm³/mol. The summed E-state index contributed by atoms with van der Waals surface area (Å²) in [4.78, 5) is 40.8.